The van der Waals surface area contributed by atoms with Gasteiger partial charge < -0.3 is 14.8 Å². The van der Waals surface area contributed by atoms with Gasteiger partial charge >= 0.3 is 0 Å². The summed E-state index contributed by atoms with van der Waals surface area (Å²) in [5, 5.41) is 20.7. The maximum atomic E-state index is 13.8. The first-order valence-corrected chi connectivity index (χ1v) is 16.4. The minimum Gasteiger partial charge on any atom is -0.497 e. The van der Waals surface area contributed by atoms with Crippen LogP contribution >= 0.6 is 23.1 Å². The molecular weight excluding hydrogens is 621 g/mol. The number of aryl methyl sites for hydroxylation is 1. The molecule has 1 atom stereocenters. The van der Waals surface area contributed by atoms with Gasteiger partial charge in [0.1, 0.15) is 11.5 Å². The highest BCUT2D eigenvalue weighted by molar-refractivity contribution is 7.99. The number of rotatable bonds is 11. The van der Waals surface area contributed by atoms with E-state index in [1.165, 1.54) is 26.0 Å². The Morgan fingerprint density at radius 2 is 1.70 bits per heavy atom. The molecule has 0 saturated heterocycles. The number of hydrogen-bond acceptors (Lipinski definition) is 9. The third kappa shape index (κ3) is 6.82. The van der Waals surface area contributed by atoms with Crippen LogP contribution in [0.1, 0.15) is 44.6 Å². The third-order valence-corrected chi connectivity index (χ3v) is 9.33. The van der Waals surface area contributed by atoms with Crippen molar-refractivity contribution in [3.63, 3.8) is 0 Å². The molecule has 5 aromatic rings. The second-order valence-electron chi connectivity index (χ2n) is 10.5. The van der Waals surface area contributed by atoms with E-state index in [2.05, 4.69) is 39.8 Å². The van der Waals surface area contributed by atoms with Gasteiger partial charge in [0.2, 0.25) is 0 Å². The number of ether oxygens (including phenoxy) is 2. The first-order valence-electron chi connectivity index (χ1n) is 14.6. The van der Waals surface area contributed by atoms with Gasteiger partial charge in [-0.05, 0) is 48.2 Å². The number of hydrazone groups is 1. The summed E-state index contributed by atoms with van der Waals surface area (Å²) in [6, 6.07) is 26.7. The standard InChI is InChI=1S/C34H32N6O4S2/c1-22-11-13-23(14-12-22)29-19-28(30-10-7-15-45-30)38-40(29)32(41)21-46-34-37-36-31(39(34)25-8-5-4-6-9-25)20-35-33(42)24-16-26(43-2)18-27(17-24)44-3/h4-18,29H,19-21H2,1-3H3,(H,35,42)/t29-/m0/s1. The lowest BCUT2D eigenvalue weighted by Crippen LogP contribution is -2.28. The lowest BCUT2D eigenvalue weighted by Gasteiger charge is -2.22. The molecule has 1 N–H and O–H groups in total. The van der Waals surface area contributed by atoms with E-state index in [1.54, 1.807) is 34.5 Å². The highest BCUT2D eigenvalue weighted by atomic mass is 32.2. The molecule has 1 aliphatic rings. The molecule has 2 amide bonds. The van der Waals surface area contributed by atoms with Crippen LogP contribution in [-0.4, -0.2) is 57.3 Å². The Morgan fingerprint density at radius 1 is 0.957 bits per heavy atom. The third-order valence-electron chi connectivity index (χ3n) is 7.49. The molecule has 2 aromatic heterocycles. The van der Waals surface area contributed by atoms with E-state index in [4.69, 9.17) is 14.6 Å². The summed E-state index contributed by atoms with van der Waals surface area (Å²) >= 11 is 2.90. The summed E-state index contributed by atoms with van der Waals surface area (Å²) in [5.74, 6) is 1.18. The molecule has 0 fully saturated rings. The lowest BCUT2D eigenvalue weighted by molar-refractivity contribution is -0.130. The van der Waals surface area contributed by atoms with Gasteiger partial charge in [-0.1, -0.05) is 65.9 Å². The summed E-state index contributed by atoms with van der Waals surface area (Å²) in [5.41, 5.74) is 4.30. The number of hydrogen-bond donors (Lipinski definition) is 1. The van der Waals surface area contributed by atoms with Crippen molar-refractivity contribution in [3.05, 3.63) is 118 Å². The van der Waals surface area contributed by atoms with Crippen molar-refractivity contribution in [1.29, 1.82) is 0 Å². The van der Waals surface area contributed by atoms with Crippen LogP contribution in [0.5, 0.6) is 11.5 Å². The van der Waals surface area contributed by atoms with Gasteiger partial charge in [-0.25, -0.2) is 5.01 Å². The van der Waals surface area contributed by atoms with Crippen molar-refractivity contribution in [2.45, 2.75) is 31.1 Å². The van der Waals surface area contributed by atoms with E-state index in [-0.39, 0.29) is 30.2 Å². The zero-order valence-electron chi connectivity index (χ0n) is 25.5. The van der Waals surface area contributed by atoms with Crippen molar-refractivity contribution < 1.29 is 19.1 Å². The number of carbonyl (C=O) groups is 2. The zero-order valence-corrected chi connectivity index (χ0v) is 27.2. The van der Waals surface area contributed by atoms with Gasteiger partial charge in [-0.2, -0.15) is 5.10 Å². The molecular formula is C34H32N6O4S2. The normalized spacial score (nSPS) is 14.2. The molecule has 0 aliphatic carbocycles. The second kappa shape index (κ2) is 14.0. The average molecular weight is 653 g/mol. The van der Waals surface area contributed by atoms with Crippen LogP contribution < -0.4 is 14.8 Å². The van der Waals surface area contributed by atoms with Crippen LogP contribution in [0.3, 0.4) is 0 Å². The van der Waals surface area contributed by atoms with Gasteiger partial charge in [-0.3, -0.25) is 14.2 Å². The summed E-state index contributed by atoms with van der Waals surface area (Å²) in [7, 11) is 3.06. The predicted molar refractivity (Wildman–Crippen MR) is 179 cm³/mol. The molecule has 0 unspecified atom stereocenters. The first-order chi connectivity index (χ1) is 22.4. The fourth-order valence-corrected chi connectivity index (χ4v) is 6.66. The minimum atomic E-state index is -0.320. The number of thiophene rings is 1. The number of amides is 2. The molecule has 12 heteroatoms. The molecule has 10 nitrogen and oxygen atoms in total. The van der Waals surface area contributed by atoms with Crippen LogP contribution in [-0.2, 0) is 11.3 Å². The van der Waals surface area contributed by atoms with Gasteiger partial charge in [0, 0.05) is 23.7 Å². The smallest absolute Gasteiger partial charge is 0.253 e. The van der Waals surface area contributed by atoms with Crippen molar-refractivity contribution in [3.8, 4) is 17.2 Å². The van der Waals surface area contributed by atoms with E-state index >= 15 is 0 Å². The summed E-state index contributed by atoms with van der Waals surface area (Å²) in [6.45, 7) is 2.15. The van der Waals surface area contributed by atoms with Crippen LogP contribution in [0.15, 0.2) is 101 Å². The van der Waals surface area contributed by atoms with E-state index in [0.29, 0.717) is 34.5 Å². The van der Waals surface area contributed by atoms with Crippen LogP contribution in [0.2, 0.25) is 0 Å². The first kappa shape index (κ1) is 31.1. The van der Waals surface area contributed by atoms with E-state index in [9.17, 15) is 9.59 Å². The van der Waals surface area contributed by atoms with Crippen molar-refractivity contribution in [2.75, 3.05) is 20.0 Å². The van der Waals surface area contributed by atoms with E-state index < -0.39 is 0 Å². The molecule has 0 bridgehead atoms. The Balaban J connectivity index is 1.22. The van der Waals surface area contributed by atoms with Crippen molar-refractivity contribution >= 4 is 40.6 Å². The number of nitrogens with zero attached hydrogens (tertiary/aromatic N) is 5. The SMILES string of the molecule is COc1cc(OC)cc(C(=O)NCc2nnc(SCC(=O)N3N=C(c4cccs4)C[C@H]3c3ccc(C)cc3)n2-c2ccccc2)c1. The average Bonchev–Trinajstić information content (AvgIpc) is 3.87. The molecule has 234 valence electrons. The fourth-order valence-electron chi connectivity index (χ4n) is 5.12. The molecule has 46 heavy (non-hydrogen) atoms. The van der Waals surface area contributed by atoms with Crippen LogP contribution in [0.25, 0.3) is 5.69 Å². The lowest BCUT2D eigenvalue weighted by atomic mass is 10.00. The monoisotopic (exact) mass is 652 g/mol. The largest absolute Gasteiger partial charge is 0.497 e. The molecule has 1 aliphatic heterocycles. The van der Waals surface area contributed by atoms with Crippen molar-refractivity contribution in [2.24, 2.45) is 5.10 Å². The number of methoxy groups -OCH3 is 2. The second-order valence-corrected chi connectivity index (χ2v) is 12.4. The van der Waals surface area contributed by atoms with Crippen LogP contribution in [0.4, 0.5) is 0 Å². The number of benzene rings is 3. The summed E-state index contributed by atoms with van der Waals surface area (Å²) in [4.78, 5) is 27.9. The Hall–Kier alpha value is -4.94. The molecule has 0 saturated carbocycles. The van der Waals surface area contributed by atoms with E-state index in [1.807, 2.05) is 59.3 Å². The van der Waals surface area contributed by atoms with Crippen LogP contribution in [0, 0.1) is 6.92 Å². The number of nitrogens with one attached hydrogen (secondary N) is 1. The fraction of sp³-hybridized carbons (Fsp3) is 0.206. The summed E-state index contributed by atoms with van der Waals surface area (Å²) in [6.07, 6.45) is 0.642. The molecule has 3 aromatic carbocycles. The number of carbonyl (C=O) groups excluding carboxylic acids is 2. The van der Waals surface area contributed by atoms with Gasteiger partial charge in [0.25, 0.3) is 11.8 Å². The quantitative estimate of drug-likeness (QED) is 0.173. The predicted octanol–water partition coefficient (Wildman–Crippen LogP) is 6.05. The van der Waals surface area contributed by atoms with Gasteiger partial charge in [0.05, 0.1) is 43.1 Å². The number of para-hydroxylation sites is 1. The zero-order chi connectivity index (χ0) is 32.0. The Labute approximate surface area is 275 Å². The maximum absolute atomic E-state index is 13.8. The minimum absolute atomic E-state index is 0.102. The van der Waals surface area contributed by atoms with Crippen molar-refractivity contribution in [1.82, 2.24) is 25.1 Å². The Kier molecular flexibility index (Phi) is 9.46. The highest BCUT2D eigenvalue weighted by Gasteiger charge is 2.33. The summed E-state index contributed by atoms with van der Waals surface area (Å²) < 4.78 is 12.5. The van der Waals surface area contributed by atoms with E-state index in [0.717, 1.165) is 27.4 Å². The topological polar surface area (TPSA) is 111 Å². The maximum Gasteiger partial charge on any atom is 0.253 e. The Morgan fingerprint density at radius 3 is 2.37 bits per heavy atom. The number of thioether (sulfide) groups is 1. The molecule has 0 spiro atoms. The molecule has 6 rings (SSSR count). The van der Waals surface area contributed by atoms with Gasteiger partial charge in [-0.15, -0.1) is 21.5 Å². The Bertz CT molecular complexity index is 1830. The highest BCUT2D eigenvalue weighted by Crippen LogP contribution is 2.35. The molecule has 3 heterocycles. The molecule has 0 radical (unpaired) electrons. The number of aromatic nitrogens is 3. The van der Waals surface area contributed by atoms with Gasteiger partial charge in [0.15, 0.2) is 11.0 Å².